The summed E-state index contributed by atoms with van der Waals surface area (Å²) in [5.74, 6) is -0.00545. The summed E-state index contributed by atoms with van der Waals surface area (Å²) in [6.07, 6.45) is 0.0712. The van der Waals surface area contributed by atoms with E-state index in [0.717, 1.165) is 0 Å². The topological polar surface area (TPSA) is 92.3 Å². The second kappa shape index (κ2) is 8.21. The number of sulfonamides is 1. The third kappa shape index (κ3) is 6.11. The molecule has 0 bridgehead atoms. The van der Waals surface area contributed by atoms with Gasteiger partial charge in [-0.05, 0) is 31.9 Å². The van der Waals surface area contributed by atoms with Crippen molar-refractivity contribution in [2.75, 3.05) is 6.54 Å². The van der Waals surface area contributed by atoms with Gasteiger partial charge < -0.3 is 5.32 Å². The normalized spacial score (nSPS) is 12.9. The highest BCUT2D eigenvalue weighted by Crippen LogP contribution is 2.11. The van der Waals surface area contributed by atoms with Crippen molar-refractivity contribution in [2.45, 2.75) is 45.1 Å². The van der Waals surface area contributed by atoms with Crippen molar-refractivity contribution >= 4 is 21.7 Å². The second-order valence-corrected chi connectivity index (χ2v) is 7.60. The van der Waals surface area contributed by atoms with E-state index in [0.29, 0.717) is 11.5 Å². The van der Waals surface area contributed by atoms with Gasteiger partial charge in [0.1, 0.15) is 0 Å². The van der Waals surface area contributed by atoms with Crippen LogP contribution in [0.15, 0.2) is 29.2 Å². The van der Waals surface area contributed by atoms with Gasteiger partial charge in [-0.3, -0.25) is 9.59 Å². The molecule has 0 aliphatic carbocycles. The van der Waals surface area contributed by atoms with Crippen LogP contribution in [-0.2, 0) is 14.8 Å². The number of carbonyl (C=O) groups excluding carboxylic acids is 2. The van der Waals surface area contributed by atoms with Crippen molar-refractivity contribution in [2.24, 2.45) is 5.92 Å². The summed E-state index contributed by atoms with van der Waals surface area (Å²) in [7, 11) is -3.68. The number of amides is 1. The number of benzene rings is 1. The predicted octanol–water partition coefficient (Wildman–Crippen LogP) is 1.72. The first-order valence-electron chi connectivity index (χ1n) is 7.53. The molecular weight excluding hydrogens is 316 g/mol. The van der Waals surface area contributed by atoms with Crippen LogP contribution in [0.2, 0.25) is 0 Å². The van der Waals surface area contributed by atoms with Gasteiger partial charge in [-0.15, -0.1) is 0 Å². The van der Waals surface area contributed by atoms with Crippen LogP contribution >= 0.6 is 0 Å². The van der Waals surface area contributed by atoms with Gasteiger partial charge in [-0.2, -0.15) is 0 Å². The van der Waals surface area contributed by atoms with Gasteiger partial charge in [-0.1, -0.05) is 26.0 Å². The molecule has 1 rings (SSSR count). The van der Waals surface area contributed by atoms with Crippen molar-refractivity contribution in [3.05, 3.63) is 29.8 Å². The number of hydrogen-bond acceptors (Lipinski definition) is 4. The first-order chi connectivity index (χ1) is 10.6. The van der Waals surface area contributed by atoms with Crippen LogP contribution < -0.4 is 10.0 Å². The van der Waals surface area contributed by atoms with E-state index in [2.05, 4.69) is 10.0 Å². The molecule has 0 saturated carbocycles. The molecule has 2 N–H and O–H groups in total. The molecule has 0 radical (unpaired) electrons. The Balaban J connectivity index is 2.56. The molecule has 0 aromatic heterocycles. The summed E-state index contributed by atoms with van der Waals surface area (Å²) in [6.45, 7) is 7.34. The summed E-state index contributed by atoms with van der Waals surface area (Å²) >= 11 is 0. The smallest absolute Gasteiger partial charge is 0.240 e. The SMILES string of the molecule is CC(=O)c1ccc(S(=O)(=O)NCCC(=O)NC(C)C(C)C)cc1. The van der Waals surface area contributed by atoms with Gasteiger partial charge >= 0.3 is 0 Å². The largest absolute Gasteiger partial charge is 0.353 e. The highest BCUT2D eigenvalue weighted by Gasteiger charge is 2.15. The van der Waals surface area contributed by atoms with Gasteiger partial charge in [-0.25, -0.2) is 13.1 Å². The minimum absolute atomic E-state index is 0.0213. The van der Waals surface area contributed by atoms with Gasteiger partial charge in [0.15, 0.2) is 5.78 Å². The minimum atomic E-state index is -3.68. The number of carbonyl (C=O) groups is 2. The molecule has 0 saturated heterocycles. The third-order valence-electron chi connectivity index (χ3n) is 3.60. The van der Waals surface area contributed by atoms with Gasteiger partial charge in [0.2, 0.25) is 15.9 Å². The Morgan fingerprint density at radius 1 is 1.09 bits per heavy atom. The van der Waals surface area contributed by atoms with E-state index in [9.17, 15) is 18.0 Å². The second-order valence-electron chi connectivity index (χ2n) is 5.83. The molecular formula is C16H24N2O4S. The number of Topliss-reactive ketones (excluding diaryl/α,β-unsaturated/α-hetero) is 1. The van der Waals surface area contributed by atoms with Gasteiger partial charge in [0.05, 0.1) is 4.90 Å². The zero-order chi connectivity index (χ0) is 17.6. The lowest BCUT2D eigenvalue weighted by molar-refractivity contribution is -0.121. The van der Waals surface area contributed by atoms with E-state index in [4.69, 9.17) is 0 Å². The first kappa shape index (κ1) is 19.3. The molecule has 1 aromatic carbocycles. The lowest BCUT2D eigenvalue weighted by Crippen LogP contribution is -2.38. The van der Waals surface area contributed by atoms with E-state index in [-0.39, 0.29) is 35.6 Å². The van der Waals surface area contributed by atoms with E-state index in [1.165, 1.54) is 31.2 Å². The van der Waals surface area contributed by atoms with Gasteiger partial charge in [0.25, 0.3) is 0 Å². The van der Waals surface area contributed by atoms with Crippen molar-refractivity contribution in [3.8, 4) is 0 Å². The molecule has 1 aromatic rings. The molecule has 0 aliphatic heterocycles. The average molecular weight is 340 g/mol. The van der Waals surface area contributed by atoms with Crippen LogP contribution in [0.3, 0.4) is 0 Å². The van der Waals surface area contributed by atoms with E-state index in [1.54, 1.807) is 0 Å². The quantitative estimate of drug-likeness (QED) is 0.705. The minimum Gasteiger partial charge on any atom is -0.353 e. The van der Waals surface area contributed by atoms with Crippen LogP contribution in [0.5, 0.6) is 0 Å². The summed E-state index contributed by atoms with van der Waals surface area (Å²) < 4.78 is 26.6. The van der Waals surface area contributed by atoms with Crippen LogP contribution in [0.25, 0.3) is 0 Å². The molecule has 0 spiro atoms. The van der Waals surface area contributed by atoms with Crippen molar-refractivity contribution in [1.29, 1.82) is 0 Å². The highest BCUT2D eigenvalue weighted by atomic mass is 32.2. The standard InChI is InChI=1S/C16H24N2O4S/c1-11(2)12(3)18-16(20)9-10-17-23(21,22)15-7-5-14(6-8-15)13(4)19/h5-8,11-12,17H,9-10H2,1-4H3,(H,18,20). The zero-order valence-electron chi connectivity index (χ0n) is 13.9. The predicted molar refractivity (Wildman–Crippen MR) is 88.7 cm³/mol. The van der Waals surface area contributed by atoms with Crippen molar-refractivity contribution in [3.63, 3.8) is 0 Å². The van der Waals surface area contributed by atoms with Crippen molar-refractivity contribution < 1.29 is 18.0 Å². The molecule has 0 fully saturated rings. The Morgan fingerprint density at radius 3 is 2.13 bits per heavy atom. The Labute approximate surface area is 137 Å². The Kier molecular flexibility index (Phi) is 6.90. The summed E-state index contributed by atoms with van der Waals surface area (Å²) in [4.78, 5) is 23.0. The number of ketones is 1. The first-order valence-corrected chi connectivity index (χ1v) is 9.02. The maximum absolute atomic E-state index is 12.1. The number of hydrogen-bond donors (Lipinski definition) is 2. The summed E-state index contributed by atoms with van der Waals surface area (Å²) in [5.41, 5.74) is 0.450. The van der Waals surface area contributed by atoms with Crippen molar-refractivity contribution in [1.82, 2.24) is 10.0 Å². The average Bonchev–Trinajstić information content (AvgIpc) is 2.46. The van der Waals surface area contributed by atoms with E-state index >= 15 is 0 Å². The molecule has 0 aliphatic rings. The monoisotopic (exact) mass is 340 g/mol. The lowest BCUT2D eigenvalue weighted by atomic mass is 10.1. The van der Waals surface area contributed by atoms with Crippen LogP contribution in [0.4, 0.5) is 0 Å². The number of nitrogens with one attached hydrogen (secondary N) is 2. The van der Waals surface area contributed by atoms with E-state index < -0.39 is 10.0 Å². The van der Waals surface area contributed by atoms with Crippen LogP contribution in [0.1, 0.15) is 44.5 Å². The van der Waals surface area contributed by atoms with Gasteiger partial charge in [0, 0.05) is 24.6 Å². The van der Waals surface area contributed by atoms with E-state index in [1.807, 2.05) is 20.8 Å². The fourth-order valence-electron chi connectivity index (χ4n) is 1.74. The molecule has 1 atom stereocenters. The molecule has 1 amide bonds. The molecule has 6 nitrogen and oxygen atoms in total. The zero-order valence-corrected chi connectivity index (χ0v) is 14.7. The molecule has 23 heavy (non-hydrogen) atoms. The summed E-state index contributed by atoms with van der Waals surface area (Å²) in [6, 6.07) is 5.72. The maximum atomic E-state index is 12.1. The fourth-order valence-corrected chi connectivity index (χ4v) is 2.78. The number of rotatable bonds is 8. The summed E-state index contributed by atoms with van der Waals surface area (Å²) in [5, 5.41) is 2.81. The fraction of sp³-hybridized carbons (Fsp3) is 0.500. The van der Waals surface area contributed by atoms with Crippen LogP contribution in [-0.4, -0.2) is 32.7 Å². The maximum Gasteiger partial charge on any atom is 0.240 e. The highest BCUT2D eigenvalue weighted by molar-refractivity contribution is 7.89. The molecule has 128 valence electrons. The Bertz CT molecular complexity index is 651. The molecule has 0 heterocycles. The third-order valence-corrected chi connectivity index (χ3v) is 5.08. The van der Waals surface area contributed by atoms with Crippen LogP contribution in [0, 0.1) is 5.92 Å². The Hall–Kier alpha value is -1.73. The lowest BCUT2D eigenvalue weighted by Gasteiger charge is -2.17. The Morgan fingerprint density at radius 2 is 1.65 bits per heavy atom. The molecule has 7 heteroatoms. The molecule has 1 unspecified atom stereocenters.